The third-order valence-electron chi connectivity index (χ3n) is 5.93. The fourth-order valence-electron chi connectivity index (χ4n) is 4.29. The van der Waals surface area contributed by atoms with Gasteiger partial charge in [-0.15, -0.1) is 0 Å². The van der Waals surface area contributed by atoms with Gasteiger partial charge in [0.25, 0.3) is 5.56 Å². The number of fused-ring (bicyclic) bond motifs is 4. The SMILES string of the molecule is COc1ccc2c(n1)CCn1c-2nc2c([C@@H](C)Nc3ccc(Cl)nc3C(=O)O)cc(F)cc2c1=O. The van der Waals surface area contributed by atoms with Crippen LogP contribution in [0.2, 0.25) is 5.15 Å². The molecular formula is C24H19ClFN5O4. The Morgan fingerprint density at radius 3 is 2.77 bits per heavy atom. The van der Waals surface area contributed by atoms with E-state index in [1.54, 1.807) is 19.1 Å². The number of anilines is 1. The highest BCUT2D eigenvalue weighted by molar-refractivity contribution is 6.29. The molecule has 35 heavy (non-hydrogen) atoms. The van der Waals surface area contributed by atoms with Crippen molar-refractivity contribution in [2.45, 2.75) is 25.9 Å². The van der Waals surface area contributed by atoms with E-state index in [9.17, 15) is 19.1 Å². The van der Waals surface area contributed by atoms with Gasteiger partial charge in [0.1, 0.15) is 16.8 Å². The average Bonchev–Trinajstić information content (AvgIpc) is 2.84. The maximum Gasteiger partial charge on any atom is 0.356 e. The van der Waals surface area contributed by atoms with Gasteiger partial charge >= 0.3 is 5.97 Å². The maximum atomic E-state index is 14.6. The lowest BCUT2D eigenvalue weighted by atomic mass is 10.0. The Balaban J connectivity index is 1.67. The molecule has 4 heterocycles. The number of nitrogens with zero attached hydrogens (tertiary/aromatic N) is 4. The minimum Gasteiger partial charge on any atom is -0.481 e. The molecule has 2 N–H and O–H groups in total. The van der Waals surface area contributed by atoms with E-state index in [0.717, 1.165) is 5.69 Å². The van der Waals surface area contributed by atoms with Crippen molar-refractivity contribution >= 4 is 34.2 Å². The first-order chi connectivity index (χ1) is 16.8. The standard InChI is InChI=1S/C24H19ClFN5O4/c1-11(27-17-4-5-18(25)29-21(17)24(33)34)14-9-12(26)10-15-20(14)30-22-13-3-6-19(35-2)28-16(13)7-8-31(22)23(15)32/h3-6,9-11,27H,7-8H2,1-2H3,(H,33,34)/t11-/m1/s1. The second-order valence-corrected chi connectivity index (χ2v) is 8.47. The lowest BCUT2D eigenvalue weighted by molar-refractivity contribution is 0.0691. The highest BCUT2D eigenvalue weighted by Gasteiger charge is 2.25. The molecule has 1 aliphatic rings. The average molecular weight is 496 g/mol. The number of ether oxygens (including phenoxy) is 1. The van der Waals surface area contributed by atoms with E-state index in [0.29, 0.717) is 41.3 Å². The number of carboxylic acids is 1. The van der Waals surface area contributed by atoms with Crippen LogP contribution in [0.25, 0.3) is 22.3 Å². The van der Waals surface area contributed by atoms with Gasteiger partial charge in [0, 0.05) is 30.2 Å². The smallest absolute Gasteiger partial charge is 0.356 e. The van der Waals surface area contributed by atoms with Gasteiger partial charge in [0.15, 0.2) is 5.69 Å². The Morgan fingerprint density at radius 1 is 1.23 bits per heavy atom. The number of hydrogen-bond acceptors (Lipinski definition) is 7. The normalized spacial score (nSPS) is 13.1. The zero-order valence-corrected chi connectivity index (χ0v) is 19.4. The van der Waals surface area contributed by atoms with Crippen LogP contribution >= 0.6 is 11.6 Å². The number of pyridine rings is 2. The molecule has 0 bridgehead atoms. The molecule has 11 heteroatoms. The van der Waals surface area contributed by atoms with E-state index in [-0.39, 0.29) is 27.5 Å². The van der Waals surface area contributed by atoms with Crippen molar-refractivity contribution in [1.82, 2.24) is 19.5 Å². The van der Waals surface area contributed by atoms with Crippen molar-refractivity contribution < 1.29 is 19.0 Å². The zero-order valence-electron chi connectivity index (χ0n) is 18.7. The van der Waals surface area contributed by atoms with Crippen LogP contribution in [0.1, 0.15) is 34.7 Å². The summed E-state index contributed by atoms with van der Waals surface area (Å²) in [5.41, 5.74) is 1.71. The summed E-state index contributed by atoms with van der Waals surface area (Å²) in [5, 5.41) is 12.7. The van der Waals surface area contributed by atoms with Crippen molar-refractivity contribution in [1.29, 1.82) is 0 Å². The molecule has 9 nitrogen and oxygen atoms in total. The van der Waals surface area contributed by atoms with E-state index in [1.807, 2.05) is 0 Å². The van der Waals surface area contributed by atoms with E-state index < -0.39 is 17.8 Å². The highest BCUT2D eigenvalue weighted by Crippen LogP contribution is 2.32. The number of benzene rings is 1. The molecule has 0 unspecified atom stereocenters. The monoisotopic (exact) mass is 495 g/mol. The van der Waals surface area contributed by atoms with Crippen LogP contribution in [0.4, 0.5) is 10.1 Å². The summed E-state index contributed by atoms with van der Waals surface area (Å²) >= 11 is 5.85. The van der Waals surface area contributed by atoms with Gasteiger partial charge in [-0.2, -0.15) is 0 Å². The van der Waals surface area contributed by atoms with Crippen molar-refractivity contribution in [3.05, 3.63) is 74.7 Å². The Hall–Kier alpha value is -4.05. The molecule has 1 aromatic carbocycles. The minimum absolute atomic E-state index is 0.0297. The maximum absolute atomic E-state index is 14.6. The van der Waals surface area contributed by atoms with Gasteiger partial charge in [-0.1, -0.05) is 11.6 Å². The number of hydrogen-bond donors (Lipinski definition) is 2. The second kappa shape index (κ2) is 8.62. The number of carboxylic acid groups (broad SMARTS) is 1. The number of rotatable bonds is 5. The number of methoxy groups -OCH3 is 1. The summed E-state index contributed by atoms with van der Waals surface area (Å²) in [5.74, 6) is -0.975. The topological polar surface area (TPSA) is 119 Å². The first kappa shape index (κ1) is 22.7. The lowest BCUT2D eigenvalue weighted by Gasteiger charge is -2.23. The van der Waals surface area contributed by atoms with Crippen LogP contribution in [-0.2, 0) is 13.0 Å². The molecule has 0 saturated carbocycles. The van der Waals surface area contributed by atoms with Gasteiger partial charge in [0.05, 0.1) is 35.4 Å². The van der Waals surface area contributed by atoms with Crippen LogP contribution in [-0.4, -0.2) is 37.7 Å². The molecule has 0 aliphatic carbocycles. The Labute approximate surface area is 203 Å². The molecule has 5 rings (SSSR count). The van der Waals surface area contributed by atoms with Crippen molar-refractivity contribution in [3.63, 3.8) is 0 Å². The molecule has 0 radical (unpaired) electrons. The zero-order chi connectivity index (χ0) is 24.9. The number of halogens is 2. The molecular weight excluding hydrogens is 477 g/mol. The van der Waals surface area contributed by atoms with Gasteiger partial charge in [0.2, 0.25) is 5.88 Å². The Bertz CT molecular complexity index is 1570. The molecule has 0 amide bonds. The lowest BCUT2D eigenvalue weighted by Crippen LogP contribution is -2.28. The molecule has 1 aliphatic heterocycles. The molecule has 4 aromatic rings. The van der Waals surface area contributed by atoms with Crippen molar-refractivity contribution in [2.75, 3.05) is 12.4 Å². The van der Waals surface area contributed by atoms with Crippen LogP contribution in [0, 0.1) is 5.82 Å². The van der Waals surface area contributed by atoms with E-state index in [4.69, 9.17) is 21.3 Å². The van der Waals surface area contributed by atoms with Gasteiger partial charge in [-0.25, -0.2) is 24.1 Å². The molecule has 178 valence electrons. The molecule has 3 aromatic heterocycles. The number of aryl methyl sites for hydroxylation is 1. The number of carbonyl (C=O) groups is 1. The first-order valence-corrected chi connectivity index (χ1v) is 11.1. The van der Waals surface area contributed by atoms with E-state index in [2.05, 4.69) is 15.3 Å². The van der Waals surface area contributed by atoms with E-state index in [1.165, 1.54) is 35.9 Å². The number of aromatic carboxylic acids is 1. The Morgan fingerprint density at radius 2 is 2.03 bits per heavy atom. The molecule has 1 atom stereocenters. The summed E-state index contributed by atoms with van der Waals surface area (Å²) in [7, 11) is 1.53. The van der Waals surface area contributed by atoms with Crippen molar-refractivity contribution in [2.24, 2.45) is 0 Å². The summed E-state index contributed by atoms with van der Waals surface area (Å²) in [4.78, 5) is 38.1. The summed E-state index contributed by atoms with van der Waals surface area (Å²) in [6, 6.07) is 8.25. The van der Waals surface area contributed by atoms with Crippen molar-refractivity contribution in [3.8, 4) is 17.3 Å². The van der Waals surface area contributed by atoms with Crippen LogP contribution in [0.3, 0.4) is 0 Å². The van der Waals surface area contributed by atoms with E-state index >= 15 is 0 Å². The summed E-state index contributed by atoms with van der Waals surface area (Å²) < 4.78 is 21.4. The summed E-state index contributed by atoms with van der Waals surface area (Å²) in [6.45, 7) is 2.07. The fraction of sp³-hybridized carbons (Fsp3) is 0.208. The molecule has 0 spiro atoms. The third-order valence-corrected chi connectivity index (χ3v) is 6.14. The van der Waals surface area contributed by atoms with Gasteiger partial charge < -0.3 is 15.2 Å². The molecule has 0 fully saturated rings. The Kier molecular flexibility index (Phi) is 5.60. The highest BCUT2D eigenvalue weighted by atomic mass is 35.5. The second-order valence-electron chi connectivity index (χ2n) is 8.08. The number of aromatic nitrogens is 4. The van der Waals surface area contributed by atoms with Crippen LogP contribution in [0.5, 0.6) is 5.88 Å². The number of nitrogens with one attached hydrogen (secondary N) is 1. The minimum atomic E-state index is -1.27. The van der Waals surface area contributed by atoms with Gasteiger partial charge in [-0.05, 0) is 37.3 Å². The molecule has 0 saturated heterocycles. The van der Waals surface area contributed by atoms with Crippen LogP contribution in [0.15, 0.2) is 41.2 Å². The predicted molar refractivity (Wildman–Crippen MR) is 128 cm³/mol. The van der Waals surface area contributed by atoms with Gasteiger partial charge in [-0.3, -0.25) is 9.36 Å². The fourth-order valence-corrected chi connectivity index (χ4v) is 4.44. The van der Waals surface area contributed by atoms with Crippen LogP contribution < -0.4 is 15.6 Å². The predicted octanol–water partition coefficient (Wildman–Crippen LogP) is 4.08. The largest absolute Gasteiger partial charge is 0.481 e. The first-order valence-electron chi connectivity index (χ1n) is 10.7. The summed E-state index contributed by atoms with van der Waals surface area (Å²) in [6.07, 6.45) is 0.508. The third kappa shape index (κ3) is 3.95. The quantitative estimate of drug-likeness (QED) is 0.397.